The number of nitrogens with zero attached hydrogens (tertiary/aromatic N) is 1. The van der Waals surface area contributed by atoms with Crippen molar-refractivity contribution < 1.29 is 4.74 Å². The van der Waals surface area contributed by atoms with Gasteiger partial charge in [0.25, 0.3) is 0 Å². The van der Waals surface area contributed by atoms with Crippen LogP contribution in [-0.4, -0.2) is 30.1 Å². The van der Waals surface area contributed by atoms with Gasteiger partial charge in [0.1, 0.15) is 5.75 Å². The third-order valence-corrected chi connectivity index (χ3v) is 4.95. The van der Waals surface area contributed by atoms with Crippen LogP contribution in [0.25, 0.3) is 10.9 Å². The Morgan fingerprint density at radius 2 is 1.80 bits per heavy atom. The molecule has 0 aliphatic carbocycles. The lowest BCUT2D eigenvalue weighted by molar-refractivity contribution is 0.256. The monoisotopic (exact) mass is 364 g/mol. The van der Waals surface area contributed by atoms with Crippen molar-refractivity contribution >= 4 is 22.5 Å². The van der Waals surface area contributed by atoms with Gasteiger partial charge in [-0.1, -0.05) is 38.3 Å². The number of unbranched alkanes of at least 4 members (excludes halogenated alkanes) is 2. The fourth-order valence-corrected chi connectivity index (χ4v) is 3.35. The van der Waals surface area contributed by atoms with Gasteiger partial charge in [-0.3, -0.25) is 9.69 Å². The Bertz CT molecular complexity index is 762. The smallest absolute Gasteiger partial charge is 0.195 e. The van der Waals surface area contributed by atoms with Crippen molar-refractivity contribution in [2.24, 2.45) is 0 Å². The Morgan fingerprint density at radius 3 is 2.36 bits per heavy atom. The summed E-state index contributed by atoms with van der Waals surface area (Å²) in [5.41, 5.74) is 2.37. The molecule has 0 aliphatic heterocycles. The van der Waals surface area contributed by atoms with E-state index in [9.17, 15) is 4.79 Å². The molecule has 2 rings (SSSR count). The first kappa shape index (κ1) is 19.8. The molecule has 0 unspecified atom stereocenters. The molecule has 1 aromatic carbocycles. The zero-order valence-electron chi connectivity index (χ0n) is 15.7. The van der Waals surface area contributed by atoms with Gasteiger partial charge in [-0.15, -0.1) is 0 Å². The number of rotatable bonds is 9. The molecule has 25 heavy (non-hydrogen) atoms. The second kappa shape index (κ2) is 9.25. The van der Waals surface area contributed by atoms with Gasteiger partial charge >= 0.3 is 0 Å². The molecule has 138 valence electrons. The summed E-state index contributed by atoms with van der Waals surface area (Å²) in [5.74, 6) is 0.639. The molecule has 0 saturated carbocycles. The first-order chi connectivity index (χ1) is 12.0. The molecule has 4 nitrogen and oxygen atoms in total. The van der Waals surface area contributed by atoms with E-state index in [2.05, 4.69) is 23.7 Å². The first-order valence-corrected chi connectivity index (χ1v) is 9.51. The molecular weight excluding hydrogens is 336 g/mol. The van der Waals surface area contributed by atoms with Crippen LogP contribution in [0.2, 0.25) is 5.02 Å². The minimum atomic E-state index is 0.00754. The van der Waals surface area contributed by atoms with Gasteiger partial charge in [0, 0.05) is 17.8 Å². The average molecular weight is 365 g/mol. The maximum Gasteiger partial charge on any atom is 0.195 e. The maximum absolute atomic E-state index is 13.1. The number of benzene rings is 1. The average Bonchev–Trinajstić information content (AvgIpc) is 2.60. The molecule has 1 aromatic heterocycles. The number of pyridine rings is 1. The largest absolute Gasteiger partial charge is 0.495 e. The van der Waals surface area contributed by atoms with Crippen LogP contribution in [0, 0.1) is 6.92 Å². The van der Waals surface area contributed by atoms with Crippen molar-refractivity contribution in [1.29, 1.82) is 0 Å². The van der Waals surface area contributed by atoms with Crippen molar-refractivity contribution in [3.05, 3.63) is 38.6 Å². The first-order valence-electron chi connectivity index (χ1n) is 9.13. The Kier molecular flexibility index (Phi) is 7.33. The highest BCUT2D eigenvalue weighted by Crippen LogP contribution is 2.28. The van der Waals surface area contributed by atoms with E-state index >= 15 is 0 Å². The third kappa shape index (κ3) is 4.56. The number of aromatic nitrogens is 1. The Morgan fingerprint density at radius 1 is 1.16 bits per heavy atom. The number of methoxy groups -OCH3 is 1. The lowest BCUT2D eigenvalue weighted by Gasteiger charge is -2.23. The molecule has 0 aliphatic rings. The summed E-state index contributed by atoms with van der Waals surface area (Å²) in [6, 6.07) is 3.51. The van der Waals surface area contributed by atoms with Gasteiger partial charge in [-0.2, -0.15) is 0 Å². The Labute approximate surface area is 155 Å². The molecular formula is C20H29ClN2O2. The summed E-state index contributed by atoms with van der Waals surface area (Å²) in [5, 5.41) is 0.986. The quantitative estimate of drug-likeness (QED) is 0.688. The van der Waals surface area contributed by atoms with Crippen LogP contribution in [0.1, 0.15) is 50.8 Å². The zero-order valence-corrected chi connectivity index (χ0v) is 16.5. The fourth-order valence-electron chi connectivity index (χ4n) is 3.11. The van der Waals surface area contributed by atoms with E-state index in [1.807, 2.05) is 6.92 Å². The van der Waals surface area contributed by atoms with Gasteiger partial charge in [-0.05, 0) is 45.0 Å². The van der Waals surface area contributed by atoms with E-state index in [1.54, 1.807) is 19.2 Å². The Hall–Kier alpha value is -1.52. The molecule has 1 heterocycles. The van der Waals surface area contributed by atoms with Gasteiger partial charge in [0.05, 0.1) is 23.0 Å². The Balaban J connectivity index is 2.46. The number of halogens is 1. The highest BCUT2D eigenvalue weighted by molar-refractivity contribution is 6.35. The normalized spacial score (nSPS) is 11.4. The van der Waals surface area contributed by atoms with Gasteiger partial charge in [0.15, 0.2) is 5.43 Å². The van der Waals surface area contributed by atoms with Gasteiger partial charge in [0.2, 0.25) is 0 Å². The third-order valence-electron chi connectivity index (χ3n) is 4.64. The maximum atomic E-state index is 13.1. The highest BCUT2D eigenvalue weighted by Gasteiger charge is 2.17. The van der Waals surface area contributed by atoms with E-state index in [4.69, 9.17) is 16.3 Å². The fraction of sp³-hybridized carbons (Fsp3) is 0.550. The molecule has 1 N–H and O–H groups in total. The minimum absolute atomic E-state index is 0.00754. The molecule has 0 bridgehead atoms. The number of aromatic amines is 1. The molecule has 0 atom stereocenters. The molecule has 0 fully saturated rings. The zero-order chi connectivity index (χ0) is 18.4. The number of H-pyrrole nitrogens is 1. The molecule has 0 radical (unpaired) electrons. The number of hydrogen-bond donors (Lipinski definition) is 1. The molecule has 0 amide bonds. The van der Waals surface area contributed by atoms with Gasteiger partial charge < -0.3 is 9.72 Å². The summed E-state index contributed by atoms with van der Waals surface area (Å²) in [7, 11) is 1.60. The predicted molar refractivity (Wildman–Crippen MR) is 106 cm³/mol. The second-order valence-electron chi connectivity index (χ2n) is 6.54. The molecule has 0 spiro atoms. The number of fused-ring (bicyclic) bond motifs is 1. The van der Waals surface area contributed by atoms with E-state index in [0.717, 1.165) is 50.0 Å². The topological polar surface area (TPSA) is 45.3 Å². The van der Waals surface area contributed by atoms with Crippen LogP contribution in [0.3, 0.4) is 0 Å². The second-order valence-corrected chi connectivity index (χ2v) is 6.95. The van der Waals surface area contributed by atoms with Crippen LogP contribution in [-0.2, 0) is 6.54 Å². The summed E-state index contributed by atoms with van der Waals surface area (Å²) in [6.45, 7) is 9.02. The van der Waals surface area contributed by atoms with E-state index in [-0.39, 0.29) is 5.43 Å². The summed E-state index contributed by atoms with van der Waals surface area (Å²) in [4.78, 5) is 18.9. The van der Waals surface area contributed by atoms with Crippen LogP contribution < -0.4 is 10.2 Å². The molecule has 5 heteroatoms. The summed E-state index contributed by atoms with van der Waals surface area (Å²) < 4.78 is 5.38. The van der Waals surface area contributed by atoms with E-state index < -0.39 is 0 Å². The summed E-state index contributed by atoms with van der Waals surface area (Å²) in [6.07, 6.45) is 4.59. The number of hydrogen-bond acceptors (Lipinski definition) is 3. The summed E-state index contributed by atoms with van der Waals surface area (Å²) >= 11 is 6.33. The highest BCUT2D eigenvalue weighted by atomic mass is 35.5. The number of aryl methyl sites for hydroxylation is 1. The van der Waals surface area contributed by atoms with E-state index in [1.165, 1.54) is 0 Å². The standard InChI is InChI=1S/C20H29ClN2O2/c1-5-7-11-23(12-8-6-2)13-15-14(3)22-19-17(25-4)10-9-16(21)18(19)20(15)24/h9-10H,5-8,11-13H2,1-4H3,(H,22,24). The van der Waals surface area contributed by atoms with Crippen LogP contribution >= 0.6 is 11.6 Å². The molecule has 0 saturated heterocycles. The van der Waals surface area contributed by atoms with Crippen molar-refractivity contribution in [2.45, 2.75) is 53.0 Å². The minimum Gasteiger partial charge on any atom is -0.495 e. The van der Waals surface area contributed by atoms with Crippen molar-refractivity contribution in [2.75, 3.05) is 20.2 Å². The van der Waals surface area contributed by atoms with Crippen LogP contribution in [0.5, 0.6) is 5.75 Å². The number of nitrogens with one attached hydrogen (secondary N) is 1. The van der Waals surface area contributed by atoms with Gasteiger partial charge in [-0.25, -0.2) is 0 Å². The van der Waals surface area contributed by atoms with Crippen LogP contribution in [0.4, 0.5) is 0 Å². The van der Waals surface area contributed by atoms with E-state index in [0.29, 0.717) is 28.2 Å². The number of ether oxygens (including phenoxy) is 1. The lowest BCUT2D eigenvalue weighted by atomic mass is 10.1. The van der Waals surface area contributed by atoms with Crippen molar-refractivity contribution in [1.82, 2.24) is 9.88 Å². The lowest BCUT2D eigenvalue weighted by Crippen LogP contribution is -2.29. The van der Waals surface area contributed by atoms with Crippen molar-refractivity contribution in [3.8, 4) is 5.75 Å². The SMILES string of the molecule is CCCCN(CCCC)Cc1c(C)[nH]c2c(OC)ccc(Cl)c2c1=O. The van der Waals surface area contributed by atoms with Crippen LogP contribution in [0.15, 0.2) is 16.9 Å². The molecule has 2 aromatic rings. The predicted octanol–water partition coefficient (Wildman–Crippen LogP) is 4.90. The van der Waals surface area contributed by atoms with Crippen molar-refractivity contribution in [3.63, 3.8) is 0 Å².